The minimum absolute atomic E-state index is 0.240. The van der Waals surface area contributed by atoms with Gasteiger partial charge in [-0.1, -0.05) is 6.92 Å². The van der Waals surface area contributed by atoms with Crippen LogP contribution in [0, 0.1) is 0 Å². The zero-order valence-corrected chi connectivity index (χ0v) is 7.68. The van der Waals surface area contributed by atoms with Crippen LogP contribution in [0.25, 0.3) is 0 Å². The second kappa shape index (κ2) is 3.61. The lowest BCUT2D eigenvalue weighted by Crippen LogP contribution is -2.47. The van der Waals surface area contributed by atoms with E-state index in [1.54, 1.807) is 6.92 Å². The first-order valence-electron chi connectivity index (χ1n) is 3.78. The average molecular weight is 216 g/mol. The highest BCUT2D eigenvalue weighted by Gasteiger charge is 2.49. The summed E-state index contributed by atoms with van der Waals surface area (Å²) in [6.07, 6.45) is -4.65. The molecule has 1 aliphatic heterocycles. The molecular formula is C6H9ClF3N3. The molecule has 0 saturated heterocycles. The van der Waals surface area contributed by atoms with E-state index in [0.29, 0.717) is 10.8 Å². The van der Waals surface area contributed by atoms with Crippen LogP contribution in [0.2, 0.25) is 0 Å². The van der Waals surface area contributed by atoms with Gasteiger partial charge in [-0.15, -0.1) is 0 Å². The molecule has 13 heavy (non-hydrogen) atoms. The molecule has 0 N–H and O–H groups in total. The summed E-state index contributed by atoms with van der Waals surface area (Å²) in [5, 5.41) is 4.46. The lowest BCUT2D eigenvalue weighted by Gasteiger charge is -2.27. The molecule has 3 nitrogen and oxygen atoms in total. The minimum atomic E-state index is -4.38. The van der Waals surface area contributed by atoms with Crippen LogP contribution in [0.3, 0.4) is 0 Å². The third-order valence-electron chi connectivity index (χ3n) is 1.57. The number of halogens is 4. The van der Waals surface area contributed by atoms with E-state index < -0.39 is 12.3 Å². The highest BCUT2D eigenvalue weighted by molar-refractivity contribution is 6.19. The fourth-order valence-corrected chi connectivity index (χ4v) is 1.34. The van der Waals surface area contributed by atoms with Crippen LogP contribution in [0.15, 0.2) is 5.10 Å². The summed E-state index contributed by atoms with van der Waals surface area (Å²) in [5.74, 6) is 0. The predicted octanol–water partition coefficient (Wildman–Crippen LogP) is 2.00. The van der Waals surface area contributed by atoms with Crippen molar-refractivity contribution in [2.24, 2.45) is 5.10 Å². The Morgan fingerprint density at radius 1 is 1.54 bits per heavy atom. The van der Waals surface area contributed by atoms with Gasteiger partial charge in [-0.3, -0.25) is 5.01 Å². The monoisotopic (exact) mass is 215 g/mol. The lowest BCUT2D eigenvalue weighted by atomic mass is 10.4. The molecule has 0 fully saturated rings. The van der Waals surface area contributed by atoms with Crippen LogP contribution in [0.4, 0.5) is 13.2 Å². The molecule has 0 aromatic carbocycles. The Kier molecular flexibility index (Phi) is 2.90. The standard InChI is InChI=1S/C6H9ClF3N3/c1-2-3-13-5(6(8,9)10)12(7)4-11-13/h4-5H,2-3H2,1H3. The van der Waals surface area contributed by atoms with Gasteiger partial charge in [-0.05, 0) is 6.42 Å². The second-order valence-corrected chi connectivity index (χ2v) is 3.04. The maximum Gasteiger partial charge on any atom is 0.430 e. The zero-order chi connectivity index (χ0) is 10.1. The normalized spacial score (nSPS) is 23.0. The minimum Gasteiger partial charge on any atom is -0.263 e. The quantitative estimate of drug-likeness (QED) is 0.656. The van der Waals surface area contributed by atoms with Gasteiger partial charge < -0.3 is 0 Å². The van der Waals surface area contributed by atoms with Crippen molar-refractivity contribution < 1.29 is 13.2 Å². The SMILES string of the molecule is CCCN1N=CN(Cl)C1C(F)(F)F. The van der Waals surface area contributed by atoms with Crippen molar-refractivity contribution in [2.45, 2.75) is 25.7 Å². The summed E-state index contributed by atoms with van der Waals surface area (Å²) < 4.78 is 37.5. The van der Waals surface area contributed by atoms with Crippen molar-refractivity contribution in [3.8, 4) is 0 Å². The third-order valence-corrected chi connectivity index (χ3v) is 1.84. The highest BCUT2D eigenvalue weighted by Crippen LogP contribution is 2.31. The first-order valence-corrected chi connectivity index (χ1v) is 4.12. The first kappa shape index (κ1) is 10.4. The molecular weight excluding hydrogens is 207 g/mol. The Balaban J connectivity index is 2.70. The van der Waals surface area contributed by atoms with Gasteiger partial charge in [0.05, 0.1) is 0 Å². The molecule has 0 aromatic heterocycles. The molecule has 0 radical (unpaired) electrons. The van der Waals surface area contributed by atoms with E-state index in [1.807, 2.05) is 0 Å². The number of hydrazone groups is 1. The van der Waals surface area contributed by atoms with Crippen LogP contribution < -0.4 is 0 Å². The molecule has 1 heterocycles. The van der Waals surface area contributed by atoms with Gasteiger partial charge >= 0.3 is 6.18 Å². The summed E-state index contributed by atoms with van der Waals surface area (Å²) >= 11 is 5.32. The number of rotatable bonds is 2. The van der Waals surface area contributed by atoms with Gasteiger partial charge in [0.15, 0.2) is 0 Å². The van der Waals surface area contributed by atoms with E-state index in [-0.39, 0.29) is 6.54 Å². The van der Waals surface area contributed by atoms with Gasteiger partial charge in [0, 0.05) is 18.3 Å². The largest absolute Gasteiger partial charge is 0.430 e. The molecule has 7 heteroatoms. The van der Waals surface area contributed by atoms with Gasteiger partial charge in [-0.2, -0.15) is 18.3 Å². The maximum atomic E-state index is 12.3. The van der Waals surface area contributed by atoms with Gasteiger partial charge in [0.2, 0.25) is 6.17 Å². The molecule has 0 saturated carbocycles. The van der Waals surface area contributed by atoms with Gasteiger partial charge in [-0.25, -0.2) is 4.42 Å². The Hall–Kier alpha value is -0.650. The smallest absolute Gasteiger partial charge is 0.263 e. The van der Waals surface area contributed by atoms with Crippen molar-refractivity contribution >= 4 is 18.1 Å². The van der Waals surface area contributed by atoms with Crippen LogP contribution >= 0.6 is 11.8 Å². The van der Waals surface area contributed by atoms with E-state index in [2.05, 4.69) is 5.10 Å². The molecule has 0 amide bonds. The van der Waals surface area contributed by atoms with E-state index in [0.717, 1.165) is 11.3 Å². The van der Waals surface area contributed by atoms with Gasteiger partial charge in [0.25, 0.3) is 0 Å². The van der Waals surface area contributed by atoms with Crippen LogP contribution in [0.1, 0.15) is 13.3 Å². The van der Waals surface area contributed by atoms with Crippen molar-refractivity contribution in [1.29, 1.82) is 0 Å². The Morgan fingerprint density at radius 3 is 2.62 bits per heavy atom. The molecule has 0 spiro atoms. The van der Waals surface area contributed by atoms with Gasteiger partial charge in [0.1, 0.15) is 6.34 Å². The third kappa shape index (κ3) is 2.18. The summed E-state index contributed by atoms with van der Waals surface area (Å²) in [6.45, 7) is 2.02. The number of alkyl halides is 3. The van der Waals surface area contributed by atoms with E-state index in [9.17, 15) is 13.2 Å². The van der Waals surface area contributed by atoms with E-state index >= 15 is 0 Å². The number of hydrogen-bond donors (Lipinski definition) is 0. The Labute approximate surface area is 78.9 Å². The fourth-order valence-electron chi connectivity index (χ4n) is 1.09. The van der Waals surface area contributed by atoms with Crippen molar-refractivity contribution in [1.82, 2.24) is 9.43 Å². The molecule has 0 aliphatic carbocycles. The van der Waals surface area contributed by atoms with E-state index in [1.165, 1.54) is 0 Å². The molecule has 76 valence electrons. The van der Waals surface area contributed by atoms with Crippen molar-refractivity contribution in [3.05, 3.63) is 0 Å². The summed E-state index contributed by atoms with van der Waals surface area (Å²) in [6, 6.07) is 0. The topological polar surface area (TPSA) is 18.8 Å². The molecule has 0 aromatic rings. The molecule has 1 rings (SSSR count). The highest BCUT2D eigenvalue weighted by atomic mass is 35.5. The molecule has 1 aliphatic rings. The summed E-state index contributed by atoms with van der Waals surface area (Å²) in [4.78, 5) is 0. The zero-order valence-electron chi connectivity index (χ0n) is 6.92. The first-order chi connectivity index (χ1) is 5.96. The number of nitrogens with zero attached hydrogens (tertiary/aromatic N) is 3. The lowest BCUT2D eigenvalue weighted by molar-refractivity contribution is -0.197. The summed E-state index contributed by atoms with van der Waals surface area (Å²) in [5.41, 5.74) is 0. The van der Waals surface area contributed by atoms with Crippen LogP contribution in [0.5, 0.6) is 0 Å². The van der Waals surface area contributed by atoms with Crippen LogP contribution in [-0.2, 0) is 0 Å². The predicted molar refractivity (Wildman–Crippen MR) is 43.0 cm³/mol. The van der Waals surface area contributed by atoms with Crippen molar-refractivity contribution in [3.63, 3.8) is 0 Å². The summed E-state index contributed by atoms with van der Waals surface area (Å²) in [7, 11) is 0. The Morgan fingerprint density at radius 2 is 2.15 bits per heavy atom. The van der Waals surface area contributed by atoms with Crippen molar-refractivity contribution in [2.75, 3.05) is 6.54 Å². The Bertz CT molecular complexity index is 206. The van der Waals surface area contributed by atoms with E-state index in [4.69, 9.17) is 11.8 Å². The molecule has 1 unspecified atom stereocenters. The number of hydrogen-bond acceptors (Lipinski definition) is 3. The molecule has 0 bridgehead atoms. The average Bonchev–Trinajstić information content (AvgIpc) is 2.31. The molecule has 1 atom stereocenters. The second-order valence-electron chi connectivity index (χ2n) is 2.65. The maximum absolute atomic E-state index is 12.3. The fraction of sp³-hybridized carbons (Fsp3) is 0.833. The van der Waals surface area contributed by atoms with Crippen LogP contribution in [-0.4, -0.2) is 34.7 Å².